The van der Waals surface area contributed by atoms with Gasteiger partial charge >= 0.3 is 6.18 Å². The van der Waals surface area contributed by atoms with Crippen LogP contribution < -0.4 is 10.6 Å². The Morgan fingerprint density at radius 3 is 2.64 bits per heavy atom. The molecular weight excluding hydrogens is 420 g/mol. The van der Waals surface area contributed by atoms with Gasteiger partial charge < -0.3 is 15.4 Å². The van der Waals surface area contributed by atoms with Crippen molar-refractivity contribution in [1.82, 2.24) is 15.1 Å². The molecule has 2 atom stereocenters. The number of methoxy groups -OCH3 is 1. The molecule has 2 aromatic rings. The second kappa shape index (κ2) is 8.18. The van der Waals surface area contributed by atoms with Gasteiger partial charge in [0.2, 0.25) is 0 Å². The van der Waals surface area contributed by atoms with Gasteiger partial charge in [-0.2, -0.15) is 18.3 Å². The molecule has 1 aromatic heterocycles. The molecular formula is C17H17Cl2F3N4O2. The lowest BCUT2D eigenvalue weighted by atomic mass is 9.97. The number of amides is 1. The van der Waals surface area contributed by atoms with Gasteiger partial charge in [0.05, 0.1) is 12.6 Å². The average molecular weight is 437 g/mol. The molecule has 0 unspecified atom stereocenters. The van der Waals surface area contributed by atoms with E-state index in [1.165, 1.54) is 7.11 Å². The normalized spacial score (nSPS) is 19.1. The Labute approximate surface area is 168 Å². The summed E-state index contributed by atoms with van der Waals surface area (Å²) < 4.78 is 46.6. The van der Waals surface area contributed by atoms with Crippen LogP contribution in [0.3, 0.4) is 0 Å². The highest BCUT2D eigenvalue weighted by Crippen LogP contribution is 2.46. The molecule has 6 nitrogen and oxygen atoms in total. The van der Waals surface area contributed by atoms with Crippen LogP contribution in [0.2, 0.25) is 10.0 Å². The van der Waals surface area contributed by atoms with E-state index in [9.17, 15) is 18.0 Å². The highest BCUT2D eigenvalue weighted by atomic mass is 35.5. The van der Waals surface area contributed by atoms with E-state index < -0.39 is 24.2 Å². The topological polar surface area (TPSA) is 68.2 Å². The van der Waals surface area contributed by atoms with Crippen LogP contribution in [0.25, 0.3) is 0 Å². The number of hydrogen-bond donors (Lipinski definition) is 2. The van der Waals surface area contributed by atoms with Crippen LogP contribution in [0, 0.1) is 0 Å². The van der Waals surface area contributed by atoms with Crippen molar-refractivity contribution in [2.24, 2.45) is 0 Å². The molecule has 0 saturated heterocycles. The van der Waals surface area contributed by atoms with E-state index in [1.54, 1.807) is 24.3 Å². The summed E-state index contributed by atoms with van der Waals surface area (Å²) >= 11 is 12.1. The fourth-order valence-electron chi connectivity index (χ4n) is 3.00. The summed E-state index contributed by atoms with van der Waals surface area (Å²) in [6.45, 7) is 0.427. The van der Waals surface area contributed by atoms with Gasteiger partial charge in [0.1, 0.15) is 10.8 Å². The highest BCUT2D eigenvalue weighted by Gasteiger charge is 2.47. The molecule has 1 aliphatic heterocycles. The van der Waals surface area contributed by atoms with Crippen LogP contribution in [0.4, 0.5) is 19.0 Å². The van der Waals surface area contributed by atoms with Crippen molar-refractivity contribution in [2.75, 3.05) is 25.6 Å². The molecule has 0 radical (unpaired) electrons. The molecule has 1 aromatic carbocycles. The van der Waals surface area contributed by atoms with Gasteiger partial charge in [0.15, 0.2) is 11.7 Å². The minimum Gasteiger partial charge on any atom is -0.383 e. The number of alkyl halides is 3. The Bertz CT molecular complexity index is 855. The summed E-state index contributed by atoms with van der Waals surface area (Å²) in [7, 11) is 1.46. The van der Waals surface area contributed by atoms with E-state index in [0.717, 1.165) is 4.68 Å². The number of carbonyl (C=O) groups is 1. The fourth-order valence-corrected chi connectivity index (χ4v) is 3.39. The molecule has 1 aliphatic rings. The van der Waals surface area contributed by atoms with Gasteiger partial charge in [-0.15, -0.1) is 0 Å². The van der Waals surface area contributed by atoms with E-state index in [-0.39, 0.29) is 36.1 Å². The molecule has 3 rings (SSSR count). The lowest BCUT2D eigenvalue weighted by Crippen LogP contribution is -2.36. The zero-order valence-corrected chi connectivity index (χ0v) is 16.2. The van der Waals surface area contributed by atoms with Crippen molar-refractivity contribution in [3.8, 4) is 0 Å². The Morgan fingerprint density at radius 2 is 2.04 bits per heavy atom. The lowest BCUT2D eigenvalue weighted by molar-refractivity contribution is -0.173. The van der Waals surface area contributed by atoms with Crippen LogP contribution >= 0.6 is 23.2 Å². The summed E-state index contributed by atoms with van der Waals surface area (Å²) in [6, 6.07) is 3.89. The average Bonchev–Trinajstić information content (AvgIpc) is 2.98. The number of halogens is 5. The molecule has 0 fully saturated rings. The number of benzene rings is 1. The van der Waals surface area contributed by atoms with E-state index in [4.69, 9.17) is 27.9 Å². The summed E-state index contributed by atoms with van der Waals surface area (Å²) in [4.78, 5) is 12.3. The monoisotopic (exact) mass is 436 g/mol. The second-order valence-corrected chi connectivity index (χ2v) is 7.06. The van der Waals surface area contributed by atoms with E-state index in [2.05, 4.69) is 15.7 Å². The van der Waals surface area contributed by atoms with Crippen molar-refractivity contribution in [2.45, 2.75) is 24.7 Å². The number of hydrogen-bond acceptors (Lipinski definition) is 4. The molecule has 0 bridgehead atoms. The van der Waals surface area contributed by atoms with Crippen molar-refractivity contribution < 1.29 is 22.7 Å². The number of aromatic nitrogens is 2. The highest BCUT2D eigenvalue weighted by molar-refractivity contribution is 6.36. The minimum absolute atomic E-state index is 0.0490. The number of carbonyl (C=O) groups excluding carboxylic acids is 1. The molecule has 11 heteroatoms. The maximum Gasteiger partial charge on any atom is 0.410 e. The van der Waals surface area contributed by atoms with Gasteiger partial charge in [-0.25, -0.2) is 4.68 Å². The summed E-state index contributed by atoms with van der Waals surface area (Å²) in [5, 5.41) is 9.63. The second-order valence-electron chi connectivity index (χ2n) is 6.25. The molecule has 1 amide bonds. The Hall–Kier alpha value is -1.97. The smallest absolute Gasteiger partial charge is 0.383 e. The first-order valence-corrected chi connectivity index (χ1v) is 9.11. The van der Waals surface area contributed by atoms with Crippen molar-refractivity contribution in [3.63, 3.8) is 0 Å². The van der Waals surface area contributed by atoms with Gasteiger partial charge in [0.25, 0.3) is 5.91 Å². The van der Waals surface area contributed by atoms with Crippen LogP contribution in [0.5, 0.6) is 0 Å². The third kappa shape index (κ3) is 4.21. The first-order valence-electron chi connectivity index (χ1n) is 8.36. The van der Waals surface area contributed by atoms with Gasteiger partial charge in [-0.05, 0) is 17.7 Å². The van der Waals surface area contributed by atoms with E-state index >= 15 is 0 Å². The largest absolute Gasteiger partial charge is 0.410 e. The van der Waals surface area contributed by atoms with Crippen molar-refractivity contribution >= 4 is 34.9 Å². The summed E-state index contributed by atoms with van der Waals surface area (Å²) in [5.74, 6) is -0.721. The zero-order valence-electron chi connectivity index (χ0n) is 14.7. The molecule has 0 saturated carbocycles. The third-order valence-electron chi connectivity index (χ3n) is 4.37. The SMILES string of the molecule is COCCNC(=O)c1nn2c(c1Cl)N[C@@H](c1ccc(Cl)cc1)C[C@H]2C(F)(F)F. The molecule has 0 spiro atoms. The number of fused-ring (bicyclic) bond motifs is 1. The molecule has 0 aliphatic carbocycles. The predicted octanol–water partition coefficient (Wildman–Crippen LogP) is 4.23. The molecule has 152 valence electrons. The maximum absolute atomic E-state index is 13.7. The van der Waals surface area contributed by atoms with Crippen LogP contribution in [-0.2, 0) is 4.74 Å². The van der Waals surface area contributed by atoms with Gasteiger partial charge in [-0.1, -0.05) is 35.3 Å². The predicted molar refractivity (Wildman–Crippen MR) is 99.0 cm³/mol. The van der Waals surface area contributed by atoms with Gasteiger partial charge in [0, 0.05) is 25.1 Å². The fraction of sp³-hybridized carbons (Fsp3) is 0.412. The zero-order chi connectivity index (χ0) is 20.5. The number of nitrogens with one attached hydrogen (secondary N) is 2. The van der Waals surface area contributed by atoms with Crippen molar-refractivity contribution in [1.29, 1.82) is 0 Å². The first-order chi connectivity index (χ1) is 13.2. The Morgan fingerprint density at radius 1 is 1.36 bits per heavy atom. The van der Waals surface area contributed by atoms with E-state index in [1.807, 2.05) is 0 Å². The molecule has 2 heterocycles. The van der Waals surface area contributed by atoms with E-state index in [0.29, 0.717) is 10.6 Å². The maximum atomic E-state index is 13.7. The number of nitrogens with zero attached hydrogens (tertiary/aromatic N) is 2. The lowest BCUT2D eigenvalue weighted by Gasteiger charge is -2.33. The number of rotatable bonds is 5. The quantitative estimate of drug-likeness (QED) is 0.688. The summed E-state index contributed by atoms with van der Waals surface area (Å²) in [6.07, 6.45) is -4.87. The number of ether oxygens (including phenoxy) is 1. The molecule has 2 N–H and O–H groups in total. The van der Waals surface area contributed by atoms with Crippen LogP contribution in [0.15, 0.2) is 24.3 Å². The summed E-state index contributed by atoms with van der Waals surface area (Å²) in [5.41, 5.74) is 0.347. The van der Waals surface area contributed by atoms with Gasteiger partial charge in [-0.3, -0.25) is 4.79 Å². The minimum atomic E-state index is -4.57. The Kier molecular flexibility index (Phi) is 6.07. The van der Waals surface area contributed by atoms with Crippen molar-refractivity contribution in [3.05, 3.63) is 45.6 Å². The standard InChI is InChI=1S/C17H17Cl2F3N4O2/c1-28-7-6-23-16(27)14-13(19)15-24-11(9-2-4-10(18)5-3-9)8-12(17(20,21)22)26(15)25-14/h2-5,11-12,24H,6-8H2,1H3,(H,23,27)/t11-,12+/m1/s1. The number of anilines is 1. The third-order valence-corrected chi connectivity index (χ3v) is 4.98. The van der Waals surface area contributed by atoms with Crippen LogP contribution in [-0.4, -0.2) is 42.1 Å². The van der Waals surface area contributed by atoms with Crippen LogP contribution in [0.1, 0.15) is 34.6 Å². The first kappa shape index (κ1) is 20.8. The Balaban J connectivity index is 1.96. The molecule has 28 heavy (non-hydrogen) atoms.